The van der Waals surface area contributed by atoms with Crippen molar-refractivity contribution in [3.8, 4) is 0 Å². The molecule has 0 bridgehead atoms. The van der Waals surface area contributed by atoms with Gasteiger partial charge >= 0.3 is 0 Å². The van der Waals surface area contributed by atoms with Crippen molar-refractivity contribution in [2.75, 3.05) is 25.0 Å². The molecule has 0 spiro atoms. The van der Waals surface area contributed by atoms with Gasteiger partial charge in [-0.15, -0.1) is 0 Å². The Morgan fingerprint density at radius 2 is 1.76 bits per heavy atom. The Morgan fingerprint density at radius 1 is 1.12 bits per heavy atom. The van der Waals surface area contributed by atoms with E-state index in [1.807, 2.05) is 0 Å². The predicted molar refractivity (Wildman–Crippen MR) is 97.9 cm³/mol. The van der Waals surface area contributed by atoms with Crippen LogP contribution in [0, 0.1) is 5.92 Å². The predicted octanol–water partition coefficient (Wildman–Crippen LogP) is 2.19. The van der Waals surface area contributed by atoms with E-state index >= 15 is 0 Å². The van der Waals surface area contributed by atoms with Gasteiger partial charge in [-0.2, -0.15) is 4.31 Å². The Kier molecular flexibility index (Phi) is 5.76. The number of hydrogen-bond acceptors (Lipinski definition) is 4. The van der Waals surface area contributed by atoms with Gasteiger partial charge < -0.3 is 10.6 Å². The van der Waals surface area contributed by atoms with Crippen LogP contribution in [-0.2, 0) is 14.8 Å². The maximum atomic E-state index is 12.8. The van der Waals surface area contributed by atoms with Crippen molar-refractivity contribution in [2.24, 2.45) is 5.92 Å². The summed E-state index contributed by atoms with van der Waals surface area (Å²) in [6.07, 6.45) is 4.76. The molecule has 1 saturated heterocycles. The Morgan fingerprint density at radius 3 is 2.32 bits per heavy atom. The lowest BCUT2D eigenvalue weighted by Gasteiger charge is -2.31. The summed E-state index contributed by atoms with van der Waals surface area (Å²) in [6.45, 7) is 3.96. The number of rotatable bonds is 7. The summed E-state index contributed by atoms with van der Waals surface area (Å²) in [6, 6.07) is 6.85. The number of piperidine rings is 1. The zero-order valence-corrected chi connectivity index (χ0v) is 15.5. The molecule has 1 amide bonds. The third-order valence-corrected chi connectivity index (χ3v) is 6.86. The molecule has 7 heteroatoms. The van der Waals surface area contributed by atoms with Crippen LogP contribution in [0.25, 0.3) is 0 Å². The summed E-state index contributed by atoms with van der Waals surface area (Å²) in [5.74, 6) is 0.754. The number of anilines is 1. The topological polar surface area (TPSA) is 78.5 Å². The van der Waals surface area contributed by atoms with E-state index in [4.69, 9.17) is 0 Å². The van der Waals surface area contributed by atoms with Gasteiger partial charge in [0.15, 0.2) is 0 Å². The zero-order valence-electron chi connectivity index (χ0n) is 14.7. The van der Waals surface area contributed by atoms with Gasteiger partial charge in [0.25, 0.3) is 0 Å². The Labute approximate surface area is 150 Å². The zero-order chi connectivity index (χ0) is 17.9. The molecule has 3 rings (SSSR count). The first-order chi connectivity index (χ1) is 12.0. The van der Waals surface area contributed by atoms with Crippen LogP contribution >= 0.6 is 0 Å². The maximum Gasteiger partial charge on any atom is 0.243 e. The molecule has 1 aliphatic carbocycles. The summed E-state index contributed by atoms with van der Waals surface area (Å²) in [7, 11) is -3.46. The Balaban J connectivity index is 1.56. The first-order valence-electron chi connectivity index (χ1n) is 9.12. The highest BCUT2D eigenvalue weighted by Crippen LogP contribution is 2.28. The summed E-state index contributed by atoms with van der Waals surface area (Å²) in [5.41, 5.74) is 0.619. The maximum absolute atomic E-state index is 12.8. The number of nitrogens with one attached hydrogen (secondary N) is 2. The van der Waals surface area contributed by atoms with Crippen LogP contribution < -0.4 is 10.6 Å². The third kappa shape index (κ3) is 4.80. The van der Waals surface area contributed by atoms with E-state index in [-0.39, 0.29) is 10.8 Å². The largest absolute Gasteiger partial charge is 0.326 e. The highest BCUT2D eigenvalue weighted by Gasteiger charge is 2.30. The van der Waals surface area contributed by atoms with E-state index in [9.17, 15) is 13.2 Å². The van der Waals surface area contributed by atoms with Crippen LogP contribution in [0.15, 0.2) is 29.2 Å². The average Bonchev–Trinajstić information content (AvgIpc) is 3.45. The van der Waals surface area contributed by atoms with E-state index in [2.05, 4.69) is 10.6 Å². The van der Waals surface area contributed by atoms with Crippen molar-refractivity contribution >= 4 is 21.6 Å². The lowest BCUT2D eigenvalue weighted by atomic mass is 10.1. The Hall–Kier alpha value is -1.44. The monoisotopic (exact) mass is 365 g/mol. The number of sulfonamides is 1. The van der Waals surface area contributed by atoms with E-state index in [0.717, 1.165) is 25.3 Å². The van der Waals surface area contributed by atoms with Gasteiger partial charge in [0.2, 0.25) is 15.9 Å². The molecule has 0 unspecified atom stereocenters. The number of carbonyl (C=O) groups is 1. The smallest absolute Gasteiger partial charge is 0.243 e. The van der Waals surface area contributed by atoms with Gasteiger partial charge in [0.1, 0.15) is 0 Å². The van der Waals surface area contributed by atoms with Crippen LogP contribution in [0.5, 0.6) is 0 Å². The molecule has 6 nitrogen and oxygen atoms in total. The van der Waals surface area contributed by atoms with Crippen LogP contribution in [0.4, 0.5) is 5.69 Å². The normalized spacial score (nSPS) is 19.7. The quantitative estimate of drug-likeness (QED) is 0.776. The highest BCUT2D eigenvalue weighted by molar-refractivity contribution is 7.89. The second-order valence-corrected chi connectivity index (χ2v) is 8.89. The minimum atomic E-state index is -3.46. The van der Waals surface area contributed by atoms with Crippen LogP contribution in [0.3, 0.4) is 0 Å². The summed E-state index contributed by atoms with van der Waals surface area (Å²) in [4.78, 5) is 11.7. The number of nitrogens with zero attached hydrogens (tertiary/aromatic N) is 1. The number of hydrogen-bond donors (Lipinski definition) is 2. The van der Waals surface area contributed by atoms with Gasteiger partial charge in [-0.1, -0.05) is 6.92 Å². The van der Waals surface area contributed by atoms with Crippen molar-refractivity contribution in [1.82, 2.24) is 9.62 Å². The third-order valence-electron chi connectivity index (χ3n) is 4.94. The second-order valence-electron chi connectivity index (χ2n) is 6.96. The van der Waals surface area contributed by atoms with Crippen LogP contribution in [0.1, 0.15) is 39.0 Å². The van der Waals surface area contributed by atoms with Crippen molar-refractivity contribution < 1.29 is 13.2 Å². The van der Waals surface area contributed by atoms with Crippen LogP contribution in [-0.4, -0.2) is 44.3 Å². The summed E-state index contributed by atoms with van der Waals surface area (Å²) in [5, 5.41) is 6.29. The number of benzene rings is 1. The number of carbonyl (C=O) groups excluding carboxylic acids is 1. The molecule has 2 N–H and O–H groups in total. The van der Waals surface area contributed by atoms with Crippen molar-refractivity contribution in [1.29, 1.82) is 0 Å². The van der Waals surface area contributed by atoms with E-state index in [0.29, 0.717) is 31.2 Å². The van der Waals surface area contributed by atoms with Crippen molar-refractivity contribution in [3.05, 3.63) is 24.3 Å². The summed E-state index contributed by atoms with van der Waals surface area (Å²) < 4.78 is 27.1. The molecule has 25 heavy (non-hydrogen) atoms. The van der Waals surface area contributed by atoms with Gasteiger partial charge in [-0.3, -0.25) is 4.79 Å². The van der Waals surface area contributed by atoms with Gasteiger partial charge in [0, 0.05) is 31.2 Å². The fraction of sp³-hybridized carbons (Fsp3) is 0.611. The molecule has 1 saturated carbocycles. The van der Waals surface area contributed by atoms with E-state index in [1.54, 1.807) is 35.5 Å². The first kappa shape index (κ1) is 18.4. The van der Waals surface area contributed by atoms with E-state index in [1.165, 1.54) is 12.8 Å². The molecular formula is C18H27N3O3S. The highest BCUT2D eigenvalue weighted by atomic mass is 32.2. The Bertz CT molecular complexity index is 691. The molecule has 1 aromatic carbocycles. The van der Waals surface area contributed by atoms with Gasteiger partial charge in [-0.25, -0.2) is 8.42 Å². The first-order valence-corrected chi connectivity index (χ1v) is 10.6. The molecule has 2 fully saturated rings. The molecule has 1 aliphatic heterocycles. The minimum absolute atomic E-state index is 0.0867. The fourth-order valence-electron chi connectivity index (χ4n) is 3.06. The molecule has 0 atom stereocenters. The van der Waals surface area contributed by atoms with Crippen molar-refractivity contribution in [3.63, 3.8) is 0 Å². The fourth-order valence-corrected chi connectivity index (χ4v) is 4.53. The van der Waals surface area contributed by atoms with Gasteiger partial charge in [0.05, 0.1) is 4.90 Å². The molecule has 2 aliphatic rings. The molecule has 0 radical (unpaired) electrons. The van der Waals surface area contributed by atoms with Crippen LogP contribution in [0.2, 0.25) is 0 Å². The molecule has 138 valence electrons. The lowest BCUT2D eigenvalue weighted by Crippen LogP contribution is -2.45. The minimum Gasteiger partial charge on any atom is -0.326 e. The lowest BCUT2D eigenvalue weighted by molar-refractivity contribution is -0.115. The second kappa shape index (κ2) is 7.85. The molecule has 1 aromatic rings. The molecule has 0 aromatic heterocycles. The molecule has 1 heterocycles. The molecular weight excluding hydrogens is 338 g/mol. The SMILES string of the molecule is CCC(=O)Nc1ccc(S(=O)(=O)N2CCC(NCC3CC3)CC2)cc1. The average molecular weight is 365 g/mol. The summed E-state index contributed by atoms with van der Waals surface area (Å²) >= 11 is 0. The number of amides is 1. The van der Waals surface area contributed by atoms with Crippen molar-refractivity contribution in [2.45, 2.75) is 50.0 Å². The van der Waals surface area contributed by atoms with E-state index < -0.39 is 10.0 Å². The standard InChI is InChI=1S/C18H27N3O3S/c1-2-18(22)20-16-5-7-17(8-6-16)25(23,24)21-11-9-15(10-12-21)19-13-14-3-4-14/h5-8,14-15,19H,2-4,9-13H2,1H3,(H,20,22). The van der Waals surface area contributed by atoms with Gasteiger partial charge in [-0.05, 0) is 62.4 Å².